The van der Waals surface area contributed by atoms with E-state index >= 15 is 0 Å². The second-order valence-electron chi connectivity index (χ2n) is 13.0. The molecule has 1 aliphatic carbocycles. The molecule has 3 aliphatic rings. The zero-order chi connectivity index (χ0) is 29.9. The molecule has 12 heteroatoms. The summed E-state index contributed by atoms with van der Waals surface area (Å²) in [4.78, 5) is 12.5. The molecule has 0 aromatic heterocycles. The van der Waals surface area contributed by atoms with Gasteiger partial charge in [0.25, 0.3) is 0 Å². The Labute approximate surface area is 237 Å². The molecule has 2 heterocycles. The van der Waals surface area contributed by atoms with Gasteiger partial charge in [-0.25, -0.2) is 4.79 Å². The first-order chi connectivity index (χ1) is 18.7. The van der Waals surface area contributed by atoms with Crippen molar-refractivity contribution in [2.75, 3.05) is 6.61 Å². The number of carbonyl (C=O) groups excluding carboxylic acids is 1. The van der Waals surface area contributed by atoms with Crippen molar-refractivity contribution in [1.82, 2.24) is 5.32 Å². The van der Waals surface area contributed by atoms with E-state index in [0.29, 0.717) is 6.42 Å². The van der Waals surface area contributed by atoms with Crippen LogP contribution in [0, 0.1) is 17.8 Å². The zero-order valence-corrected chi connectivity index (χ0v) is 24.9. The third-order valence-electron chi connectivity index (χ3n) is 8.26. The molecule has 0 bridgehead atoms. The topological polar surface area (TPSA) is 182 Å². The molecule has 0 radical (unpaired) electrons. The Bertz CT molecular complexity index is 810. The van der Waals surface area contributed by atoms with Crippen LogP contribution >= 0.6 is 0 Å². The number of amides is 1. The number of nitrogens with two attached hydrogens (primary N) is 1. The minimum Gasteiger partial charge on any atom is -0.444 e. The number of nitrogens with one attached hydrogen (secondary N) is 1. The number of alkyl carbamates (subject to hydrolysis) is 1. The molecule has 12 nitrogen and oxygen atoms in total. The summed E-state index contributed by atoms with van der Waals surface area (Å²) in [6.07, 6.45) is -6.41. The van der Waals surface area contributed by atoms with Gasteiger partial charge in [-0.05, 0) is 64.2 Å². The molecule has 3 rings (SSSR count). The van der Waals surface area contributed by atoms with E-state index in [1.807, 2.05) is 27.7 Å². The van der Waals surface area contributed by atoms with Gasteiger partial charge < -0.3 is 55.2 Å². The molecule has 3 fully saturated rings. The average molecular weight is 577 g/mol. The minimum absolute atomic E-state index is 0.0363. The van der Waals surface area contributed by atoms with Crippen LogP contribution in [0.5, 0.6) is 0 Å². The second kappa shape index (κ2) is 13.9. The highest BCUT2D eigenvalue weighted by Crippen LogP contribution is 2.40. The maximum absolute atomic E-state index is 12.5. The first kappa shape index (κ1) is 33.4. The van der Waals surface area contributed by atoms with Gasteiger partial charge in [-0.15, -0.1) is 0 Å². The van der Waals surface area contributed by atoms with Crippen LogP contribution in [0.1, 0.15) is 74.1 Å². The first-order valence-electron chi connectivity index (χ1n) is 14.7. The number of aliphatic hydroxyl groups is 4. The molecule has 0 spiro atoms. The van der Waals surface area contributed by atoms with Crippen LogP contribution in [0.3, 0.4) is 0 Å². The lowest BCUT2D eigenvalue weighted by Crippen LogP contribution is -2.67. The van der Waals surface area contributed by atoms with Crippen LogP contribution in [0.15, 0.2) is 0 Å². The molecule has 234 valence electrons. The van der Waals surface area contributed by atoms with E-state index in [2.05, 4.69) is 5.32 Å². The summed E-state index contributed by atoms with van der Waals surface area (Å²) in [5, 5.41) is 45.9. The number of carbonyl (C=O) groups is 1. The van der Waals surface area contributed by atoms with Crippen molar-refractivity contribution in [3.8, 4) is 0 Å². The van der Waals surface area contributed by atoms with E-state index < -0.39 is 73.5 Å². The quantitative estimate of drug-likeness (QED) is 0.242. The van der Waals surface area contributed by atoms with Crippen molar-refractivity contribution in [1.29, 1.82) is 0 Å². The van der Waals surface area contributed by atoms with Crippen molar-refractivity contribution in [2.45, 2.75) is 147 Å². The predicted octanol–water partition coefficient (Wildman–Crippen LogP) is 1.00. The normalized spacial score (nSPS) is 43.0. The van der Waals surface area contributed by atoms with Gasteiger partial charge in [0.15, 0.2) is 12.6 Å². The summed E-state index contributed by atoms with van der Waals surface area (Å²) in [5.41, 5.74) is 5.51. The van der Waals surface area contributed by atoms with Crippen molar-refractivity contribution in [3.63, 3.8) is 0 Å². The number of hydrogen-bond donors (Lipinski definition) is 6. The summed E-state index contributed by atoms with van der Waals surface area (Å²) in [7, 11) is 0. The largest absolute Gasteiger partial charge is 0.444 e. The third kappa shape index (κ3) is 8.05. The maximum Gasteiger partial charge on any atom is 0.408 e. The van der Waals surface area contributed by atoms with Crippen LogP contribution in [-0.4, -0.2) is 106 Å². The summed E-state index contributed by atoms with van der Waals surface area (Å²) in [6.45, 7) is 12.6. The maximum atomic E-state index is 12.5. The molecule has 13 unspecified atom stereocenters. The lowest BCUT2D eigenvalue weighted by atomic mass is 9.71. The number of ether oxygens (including phenoxy) is 5. The molecule has 0 aromatic carbocycles. The highest BCUT2D eigenvalue weighted by molar-refractivity contribution is 5.68. The molecule has 13 atom stereocenters. The van der Waals surface area contributed by atoms with Gasteiger partial charge in [-0.3, -0.25) is 0 Å². The van der Waals surface area contributed by atoms with Gasteiger partial charge in [0.1, 0.15) is 30.0 Å². The lowest BCUT2D eigenvalue weighted by molar-refractivity contribution is -0.324. The Balaban J connectivity index is 1.80. The molecule has 1 saturated carbocycles. The molecule has 2 saturated heterocycles. The highest BCUT2D eigenvalue weighted by atomic mass is 16.7. The smallest absolute Gasteiger partial charge is 0.408 e. The van der Waals surface area contributed by atoms with Gasteiger partial charge in [-0.1, -0.05) is 27.7 Å². The van der Waals surface area contributed by atoms with Gasteiger partial charge in [-0.2, -0.15) is 0 Å². The summed E-state index contributed by atoms with van der Waals surface area (Å²) in [5.74, 6) is -0.0520. The Hall–Kier alpha value is -1.09. The van der Waals surface area contributed by atoms with Crippen LogP contribution < -0.4 is 11.1 Å². The molecule has 1 amide bonds. The highest BCUT2D eigenvalue weighted by Gasteiger charge is 2.52. The average Bonchev–Trinajstić information content (AvgIpc) is 2.86. The van der Waals surface area contributed by atoms with E-state index in [-0.39, 0.29) is 29.9 Å². The van der Waals surface area contributed by atoms with Gasteiger partial charge in [0.05, 0.1) is 37.0 Å². The van der Waals surface area contributed by atoms with Crippen LogP contribution in [0.25, 0.3) is 0 Å². The lowest BCUT2D eigenvalue weighted by Gasteiger charge is -2.49. The molecule has 2 aliphatic heterocycles. The van der Waals surface area contributed by atoms with Crippen molar-refractivity contribution in [3.05, 3.63) is 0 Å². The van der Waals surface area contributed by atoms with Crippen LogP contribution in [0.2, 0.25) is 0 Å². The van der Waals surface area contributed by atoms with Crippen LogP contribution in [-0.2, 0) is 23.7 Å². The second-order valence-corrected chi connectivity index (χ2v) is 13.0. The van der Waals surface area contributed by atoms with E-state index in [0.717, 1.165) is 19.3 Å². The van der Waals surface area contributed by atoms with E-state index in [1.54, 1.807) is 20.8 Å². The molecule has 40 heavy (non-hydrogen) atoms. The Kier molecular flexibility index (Phi) is 11.6. The number of aliphatic hydroxyl groups excluding tert-OH is 4. The van der Waals surface area contributed by atoms with Crippen molar-refractivity contribution < 1.29 is 48.9 Å². The molecule has 0 aromatic rings. The molecular formula is C28H52N2O10. The summed E-state index contributed by atoms with van der Waals surface area (Å²) >= 11 is 0. The fourth-order valence-electron chi connectivity index (χ4n) is 5.95. The fraction of sp³-hybridized carbons (Fsp3) is 0.964. The van der Waals surface area contributed by atoms with Gasteiger partial charge >= 0.3 is 6.09 Å². The Morgan fingerprint density at radius 3 is 2.25 bits per heavy atom. The zero-order valence-electron chi connectivity index (χ0n) is 24.9. The fourth-order valence-corrected chi connectivity index (χ4v) is 5.95. The number of hydrogen-bond acceptors (Lipinski definition) is 11. The number of rotatable bonds is 8. The van der Waals surface area contributed by atoms with E-state index in [1.165, 1.54) is 0 Å². The monoisotopic (exact) mass is 576 g/mol. The Morgan fingerprint density at radius 2 is 1.68 bits per heavy atom. The van der Waals surface area contributed by atoms with Gasteiger partial charge in [0, 0.05) is 0 Å². The third-order valence-corrected chi connectivity index (χ3v) is 8.26. The van der Waals surface area contributed by atoms with Crippen molar-refractivity contribution >= 4 is 6.09 Å². The predicted molar refractivity (Wildman–Crippen MR) is 145 cm³/mol. The summed E-state index contributed by atoms with van der Waals surface area (Å²) in [6, 6.07) is -1.58. The standard InChI is InChI=1S/C28H52N2O10/c1-8-15-9-10-17(29)25(36-15)38-23-14(4)11-16(13(2)3)24(22(23)34)39-26-21(33)19(20(32)18(12-31)37-26)30-27(35)40-28(5,6)7/h13-26,31-34H,8-12,29H2,1-7H3,(H,30,35). The van der Waals surface area contributed by atoms with Gasteiger partial charge in [0.2, 0.25) is 0 Å². The van der Waals surface area contributed by atoms with E-state index in [9.17, 15) is 25.2 Å². The first-order valence-corrected chi connectivity index (χ1v) is 14.7. The molecule has 7 N–H and O–H groups in total. The molecular weight excluding hydrogens is 524 g/mol. The SMILES string of the molecule is CCC1CCC(N)C(OC2C(C)CC(C(C)C)C(OC3OC(CO)C(O)C(NC(=O)OC(C)(C)C)C3O)C2O)O1. The minimum atomic E-state index is -1.52. The Morgan fingerprint density at radius 1 is 1.02 bits per heavy atom. The van der Waals surface area contributed by atoms with E-state index in [4.69, 9.17) is 29.4 Å². The van der Waals surface area contributed by atoms with Crippen molar-refractivity contribution in [2.24, 2.45) is 23.5 Å². The summed E-state index contributed by atoms with van der Waals surface area (Å²) < 4.78 is 29.7. The van der Waals surface area contributed by atoms with Crippen LogP contribution in [0.4, 0.5) is 4.79 Å².